The first-order chi connectivity index (χ1) is 9.23. The molecule has 1 aliphatic heterocycles. The van der Waals surface area contributed by atoms with E-state index in [0.717, 1.165) is 26.2 Å². The maximum Gasteiger partial charge on any atom is 0.306 e. The highest BCUT2D eigenvalue weighted by Gasteiger charge is 2.26. The van der Waals surface area contributed by atoms with Gasteiger partial charge in [0, 0.05) is 32.1 Å². The van der Waals surface area contributed by atoms with Gasteiger partial charge in [-0.3, -0.25) is 14.5 Å². The summed E-state index contributed by atoms with van der Waals surface area (Å²) in [4.78, 5) is 27.9. The Morgan fingerprint density at radius 3 is 2.35 bits per heavy atom. The molecule has 1 atom stereocenters. The van der Waals surface area contributed by atoms with Gasteiger partial charge in [-0.1, -0.05) is 6.92 Å². The molecule has 20 heavy (non-hydrogen) atoms. The second-order valence-electron chi connectivity index (χ2n) is 6.40. The summed E-state index contributed by atoms with van der Waals surface area (Å²) in [7, 11) is 0. The Morgan fingerprint density at radius 2 is 1.85 bits per heavy atom. The molecule has 5 nitrogen and oxygen atoms in total. The zero-order chi connectivity index (χ0) is 15.3. The van der Waals surface area contributed by atoms with Gasteiger partial charge in [0.25, 0.3) is 0 Å². The first-order valence-corrected chi connectivity index (χ1v) is 7.46. The van der Waals surface area contributed by atoms with Crippen molar-refractivity contribution in [2.24, 2.45) is 0 Å². The van der Waals surface area contributed by atoms with Crippen LogP contribution in [0.2, 0.25) is 0 Å². The Labute approximate surface area is 122 Å². The van der Waals surface area contributed by atoms with Gasteiger partial charge in [-0.05, 0) is 34.2 Å². The molecule has 1 saturated heterocycles. The zero-order valence-corrected chi connectivity index (χ0v) is 13.4. The van der Waals surface area contributed by atoms with E-state index < -0.39 is 5.60 Å². The number of carbonyl (C=O) groups excluding carboxylic acids is 2. The first-order valence-electron chi connectivity index (χ1n) is 7.46. The molecule has 1 heterocycles. The van der Waals surface area contributed by atoms with Crippen LogP contribution >= 0.6 is 0 Å². The van der Waals surface area contributed by atoms with Gasteiger partial charge in [0.2, 0.25) is 5.91 Å². The lowest BCUT2D eigenvalue weighted by atomic mass is 10.1. The third kappa shape index (κ3) is 5.49. The van der Waals surface area contributed by atoms with Gasteiger partial charge in [-0.15, -0.1) is 0 Å². The lowest BCUT2D eigenvalue weighted by Crippen LogP contribution is -2.53. The fourth-order valence-electron chi connectivity index (χ4n) is 2.45. The molecule has 0 saturated carbocycles. The fraction of sp³-hybridized carbons (Fsp3) is 0.867. The second kappa shape index (κ2) is 7.07. The van der Waals surface area contributed by atoms with Crippen LogP contribution in [-0.2, 0) is 14.3 Å². The number of likely N-dealkylation sites (N-methyl/N-ethyl adjacent to an activating group) is 1. The molecule has 1 amide bonds. The molecule has 1 rings (SSSR count). The molecule has 0 N–H and O–H groups in total. The monoisotopic (exact) mass is 284 g/mol. The van der Waals surface area contributed by atoms with E-state index in [9.17, 15) is 9.59 Å². The molecular formula is C15H28N2O3. The van der Waals surface area contributed by atoms with Gasteiger partial charge >= 0.3 is 5.97 Å². The molecule has 1 aliphatic rings. The molecule has 0 aliphatic carbocycles. The van der Waals surface area contributed by atoms with Crippen molar-refractivity contribution in [2.45, 2.75) is 59.1 Å². The number of piperazine rings is 1. The van der Waals surface area contributed by atoms with Crippen LogP contribution in [0.15, 0.2) is 0 Å². The van der Waals surface area contributed by atoms with Crippen molar-refractivity contribution in [3.63, 3.8) is 0 Å². The highest BCUT2D eigenvalue weighted by molar-refractivity contribution is 5.81. The first kappa shape index (κ1) is 17.0. The zero-order valence-electron chi connectivity index (χ0n) is 13.4. The summed E-state index contributed by atoms with van der Waals surface area (Å²) in [6, 6.07) is 0.388. The molecule has 0 aromatic rings. The highest BCUT2D eigenvalue weighted by Crippen LogP contribution is 2.13. The minimum atomic E-state index is -0.485. The fourth-order valence-corrected chi connectivity index (χ4v) is 2.45. The lowest BCUT2D eigenvalue weighted by molar-refractivity contribution is -0.156. The summed E-state index contributed by atoms with van der Waals surface area (Å²) < 4.78 is 5.21. The van der Waals surface area contributed by atoms with Crippen molar-refractivity contribution in [1.82, 2.24) is 9.80 Å². The van der Waals surface area contributed by atoms with E-state index in [1.54, 1.807) is 0 Å². The van der Waals surface area contributed by atoms with Crippen LogP contribution in [0.25, 0.3) is 0 Å². The number of ether oxygens (including phenoxy) is 1. The van der Waals surface area contributed by atoms with Crippen LogP contribution in [0.3, 0.4) is 0 Å². The van der Waals surface area contributed by atoms with Gasteiger partial charge in [-0.2, -0.15) is 0 Å². The number of carbonyl (C=O) groups is 2. The Hall–Kier alpha value is -1.10. The molecule has 116 valence electrons. The van der Waals surface area contributed by atoms with E-state index in [0.29, 0.717) is 6.04 Å². The SMILES string of the molecule is CCN1CCN(C(=O)CCC(=O)OC(C)(C)C)CC1C. The molecule has 0 spiro atoms. The summed E-state index contributed by atoms with van der Waals surface area (Å²) in [5.74, 6) is -0.246. The third-order valence-corrected chi connectivity index (χ3v) is 3.49. The normalized spacial score (nSPS) is 20.9. The van der Waals surface area contributed by atoms with E-state index in [1.165, 1.54) is 0 Å². The van der Waals surface area contributed by atoms with Gasteiger partial charge < -0.3 is 9.64 Å². The molecule has 5 heteroatoms. The van der Waals surface area contributed by atoms with Gasteiger partial charge in [0.1, 0.15) is 5.60 Å². The predicted octanol–water partition coefficient (Wildman–Crippen LogP) is 1.66. The smallest absolute Gasteiger partial charge is 0.306 e. The van der Waals surface area contributed by atoms with E-state index in [-0.39, 0.29) is 24.7 Å². The Kier molecular flexibility index (Phi) is 5.99. The van der Waals surface area contributed by atoms with Gasteiger partial charge in [0.05, 0.1) is 6.42 Å². The van der Waals surface area contributed by atoms with Crippen molar-refractivity contribution in [1.29, 1.82) is 0 Å². The molecular weight excluding hydrogens is 256 g/mol. The summed E-state index contributed by atoms with van der Waals surface area (Å²) in [6.45, 7) is 13.2. The van der Waals surface area contributed by atoms with E-state index in [1.807, 2.05) is 25.7 Å². The number of hydrogen-bond donors (Lipinski definition) is 0. The maximum absolute atomic E-state index is 12.1. The lowest BCUT2D eigenvalue weighted by Gasteiger charge is -2.39. The molecule has 0 aromatic carbocycles. The van der Waals surface area contributed by atoms with Crippen molar-refractivity contribution in [3.05, 3.63) is 0 Å². The third-order valence-electron chi connectivity index (χ3n) is 3.49. The number of amides is 1. The number of esters is 1. The van der Waals surface area contributed by atoms with E-state index in [2.05, 4.69) is 18.7 Å². The summed E-state index contributed by atoms with van der Waals surface area (Å²) >= 11 is 0. The molecule has 0 radical (unpaired) electrons. The van der Waals surface area contributed by atoms with E-state index in [4.69, 9.17) is 4.74 Å². The predicted molar refractivity (Wildman–Crippen MR) is 78.4 cm³/mol. The van der Waals surface area contributed by atoms with Gasteiger partial charge in [0.15, 0.2) is 0 Å². The minimum Gasteiger partial charge on any atom is -0.460 e. The topological polar surface area (TPSA) is 49.9 Å². The van der Waals surface area contributed by atoms with Crippen LogP contribution in [-0.4, -0.2) is 59.5 Å². The largest absolute Gasteiger partial charge is 0.460 e. The van der Waals surface area contributed by atoms with Crippen LogP contribution in [0.4, 0.5) is 0 Å². The van der Waals surface area contributed by atoms with Crippen molar-refractivity contribution >= 4 is 11.9 Å². The van der Waals surface area contributed by atoms with Crippen molar-refractivity contribution in [3.8, 4) is 0 Å². The van der Waals surface area contributed by atoms with Crippen LogP contribution < -0.4 is 0 Å². The van der Waals surface area contributed by atoms with Crippen LogP contribution in [0, 0.1) is 0 Å². The average molecular weight is 284 g/mol. The van der Waals surface area contributed by atoms with Crippen molar-refractivity contribution in [2.75, 3.05) is 26.2 Å². The number of hydrogen-bond acceptors (Lipinski definition) is 4. The van der Waals surface area contributed by atoms with Crippen LogP contribution in [0.5, 0.6) is 0 Å². The molecule has 1 unspecified atom stereocenters. The number of nitrogens with zero attached hydrogens (tertiary/aromatic N) is 2. The van der Waals surface area contributed by atoms with Gasteiger partial charge in [-0.25, -0.2) is 0 Å². The maximum atomic E-state index is 12.1. The molecule has 0 bridgehead atoms. The average Bonchev–Trinajstić information content (AvgIpc) is 2.33. The Bertz CT molecular complexity index is 350. The molecule has 0 aromatic heterocycles. The van der Waals surface area contributed by atoms with Crippen LogP contribution in [0.1, 0.15) is 47.5 Å². The second-order valence-corrected chi connectivity index (χ2v) is 6.40. The minimum absolute atomic E-state index is 0.0541. The summed E-state index contributed by atoms with van der Waals surface area (Å²) in [5.41, 5.74) is -0.485. The highest BCUT2D eigenvalue weighted by atomic mass is 16.6. The number of rotatable bonds is 4. The standard InChI is InChI=1S/C15H28N2O3/c1-6-16-9-10-17(11-12(16)2)13(18)7-8-14(19)20-15(3,4)5/h12H,6-11H2,1-5H3. The Morgan fingerprint density at radius 1 is 1.20 bits per heavy atom. The summed E-state index contributed by atoms with van der Waals surface area (Å²) in [6.07, 6.45) is 0.409. The van der Waals surface area contributed by atoms with E-state index >= 15 is 0 Å². The Balaban J connectivity index is 2.35. The van der Waals surface area contributed by atoms with Crippen molar-refractivity contribution < 1.29 is 14.3 Å². The quantitative estimate of drug-likeness (QED) is 0.737. The molecule has 1 fully saturated rings. The summed E-state index contributed by atoms with van der Waals surface area (Å²) in [5, 5.41) is 0.